The van der Waals surface area contributed by atoms with Crippen molar-refractivity contribution in [3.8, 4) is 0 Å². The third-order valence-corrected chi connectivity index (χ3v) is 7.69. The number of nitrogens with one attached hydrogen (secondary N) is 1. The molecule has 0 aromatic heterocycles. The fourth-order valence-electron chi connectivity index (χ4n) is 3.16. The van der Waals surface area contributed by atoms with Gasteiger partial charge in [-0.3, -0.25) is 9.69 Å². The number of carbonyl (C=O) groups is 1. The number of carbonyl (C=O) groups excluding carboxylic acids is 1. The summed E-state index contributed by atoms with van der Waals surface area (Å²) in [5.74, 6) is -0.269. The van der Waals surface area contributed by atoms with Crippen molar-refractivity contribution in [1.82, 2.24) is 14.6 Å². The van der Waals surface area contributed by atoms with Crippen molar-refractivity contribution in [3.05, 3.63) is 63.6 Å². The van der Waals surface area contributed by atoms with Crippen LogP contribution in [0.15, 0.2) is 52.5 Å². The van der Waals surface area contributed by atoms with Crippen molar-refractivity contribution in [2.75, 3.05) is 32.7 Å². The Labute approximate surface area is 192 Å². The van der Waals surface area contributed by atoms with Crippen molar-refractivity contribution in [2.24, 2.45) is 5.10 Å². The second kappa shape index (κ2) is 10.1. The molecule has 1 fully saturated rings. The highest BCUT2D eigenvalue weighted by atomic mass is 35.5. The molecule has 1 amide bonds. The predicted octanol–water partition coefficient (Wildman–Crippen LogP) is 3.15. The molecule has 1 aliphatic heterocycles. The molecule has 0 spiro atoms. The Hall–Kier alpha value is -1.97. The molecular formula is C21H24Cl2N4O3S. The first-order valence-electron chi connectivity index (χ1n) is 9.74. The molecule has 1 N–H and O–H groups in total. The summed E-state index contributed by atoms with van der Waals surface area (Å²) in [5, 5.41) is 4.98. The molecule has 31 heavy (non-hydrogen) atoms. The minimum atomic E-state index is -3.53. The normalized spacial score (nSPS) is 16.3. The number of rotatable bonds is 6. The van der Waals surface area contributed by atoms with E-state index in [1.807, 2.05) is 11.8 Å². The number of hydrazone groups is 1. The summed E-state index contributed by atoms with van der Waals surface area (Å²) in [4.78, 5) is 14.5. The molecule has 1 heterocycles. The minimum absolute atomic E-state index is 0.135. The minimum Gasteiger partial charge on any atom is -0.292 e. The average molecular weight is 483 g/mol. The lowest BCUT2D eigenvalue weighted by molar-refractivity contribution is -0.122. The molecule has 3 rings (SSSR count). The lowest BCUT2D eigenvalue weighted by atomic mass is 10.1. The first kappa shape index (κ1) is 23.7. The number of halogens is 2. The Morgan fingerprint density at radius 3 is 2.29 bits per heavy atom. The Bertz CT molecular complexity index is 1080. The van der Waals surface area contributed by atoms with Crippen LogP contribution in [0.1, 0.15) is 18.1 Å². The van der Waals surface area contributed by atoms with Crippen LogP contribution in [0.4, 0.5) is 0 Å². The van der Waals surface area contributed by atoms with E-state index in [4.69, 9.17) is 23.2 Å². The zero-order valence-corrected chi connectivity index (χ0v) is 19.6. The van der Waals surface area contributed by atoms with E-state index < -0.39 is 10.0 Å². The van der Waals surface area contributed by atoms with Crippen molar-refractivity contribution >= 4 is 44.8 Å². The van der Waals surface area contributed by atoms with E-state index in [0.717, 1.165) is 11.1 Å². The summed E-state index contributed by atoms with van der Waals surface area (Å²) >= 11 is 11.9. The van der Waals surface area contributed by atoms with Gasteiger partial charge in [-0.05, 0) is 43.7 Å². The zero-order chi connectivity index (χ0) is 22.6. The molecular weight excluding hydrogens is 459 g/mol. The Balaban J connectivity index is 1.51. The first-order chi connectivity index (χ1) is 14.7. The summed E-state index contributed by atoms with van der Waals surface area (Å²) in [6, 6.07) is 11.9. The van der Waals surface area contributed by atoms with Crippen molar-refractivity contribution in [2.45, 2.75) is 18.7 Å². The van der Waals surface area contributed by atoms with E-state index in [2.05, 4.69) is 10.5 Å². The summed E-state index contributed by atoms with van der Waals surface area (Å²) in [6.45, 7) is 5.40. The number of benzene rings is 2. The Morgan fingerprint density at radius 1 is 1.03 bits per heavy atom. The molecule has 0 bridgehead atoms. The van der Waals surface area contributed by atoms with Gasteiger partial charge in [-0.1, -0.05) is 47.0 Å². The zero-order valence-electron chi connectivity index (χ0n) is 17.3. The molecule has 7 nitrogen and oxygen atoms in total. The molecule has 166 valence electrons. The number of sulfonamides is 1. The summed E-state index contributed by atoms with van der Waals surface area (Å²) in [5.41, 5.74) is 4.89. The number of amides is 1. The third kappa shape index (κ3) is 6.05. The SMILES string of the molecule is CC(=NNC(=O)CN1CCN(S(=O)(=O)c2ccc(C)cc2)CC1)c1ccc(Cl)c(Cl)c1. The van der Waals surface area contributed by atoms with Crippen LogP contribution in [0.3, 0.4) is 0 Å². The van der Waals surface area contributed by atoms with Gasteiger partial charge in [0.1, 0.15) is 0 Å². The molecule has 0 unspecified atom stereocenters. The summed E-state index contributed by atoms with van der Waals surface area (Å²) in [6.07, 6.45) is 0. The van der Waals surface area contributed by atoms with E-state index in [0.29, 0.717) is 41.9 Å². The maximum atomic E-state index is 12.8. The van der Waals surface area contributed by atoms with Crippen LogP contribution in [0, 0.1) is 6.92 Å². The second-order valence-electron chi connectivity index (χ2n) is 7.35. The highest BCUT2D eigenvalue weighted by Gasteiger charge is 2.28. The standard InChI is InChI=1S/C21H24Cl2N4O3S/c1-15-3-6-18(7-4-15)31(29,30)27-11-9-26(10-12-27)14-21(28)25-24-16(2)17-5-8-19(22)20(23)13-17/h3-8,13H,9-12,14H2,1-2H3,(H,25,28). The van der Waals surface area contributed by atoms with Crippen LogP contribution in [0.5, 0.6) is 0 Å². The van der Waals surface area contributed by atoms with E-state index >= 15 is 0 Å². The fourth-order valence-corrected chi connectivity index (χ4v) is 4.88. The fraction of sp³-hybridized carbons (Fsp3) is 0.333. The Kier molecular flexibility index (Phi) is 7.72. The van der Waals surface area contributed by atoms with Crippen LogP contribution in [0.2, 0.25) is 10.0 Å². The number of nitrogens with zero attached hydrogens (tertiary/aromatic N) is 3. The molecule has 0 atom stereocenters. The van der Waals surface area contributed by atoms with Crippen LogP contribution < -0.4 is 5.43 Å². The van der Waals surface area contributed by atoms with Crippen molar-refractivity contribution < 1.29 is 13.2 Å². The lowest BCUT2D eigenvalue weighted by Gasteiger charge is -2.33. The van der Waals surface area contributed by atoms with Gasteiger partial charge in [0.05, 0.1) is 27.2 Å². The highest BCUT2D eigenvalue weighted by molar-refractivity contribution is 7.89. The second-order valence-corrected chi connectivity index (χ2v) is 10.1. The third-order valence-electron chi connectivity index (χ3n) is 5.04. The molecule has 2 aromatic carbocycles. The number of hydrogen-bond donors (Lipinski definition) is 1. The average Bonchev–Trinajstić information content (AvgIpc) is 2.74. The molecule has 1 aliphatic rings. The summed E-state index contributed by atoms with van der Waals surface area (Å²) < 4.78 is 27.0. The molecule has 0 aliphatic carbocycles. The van der Waals surface area contributed by atoms with Gasteiger partial charge >= 0.3 is 0 Å². The predicted molar refractivity (Wildman–Crippen MR) is 123 cm³/mol. The molecule has 1 saturated heterocycles. The maximum absolute atomic E-state index is 12.8. The van der Waals surface area contributed by atoms with Gasteiger partial charge in [0.15, 0.2) is 0 Å². The van der Waals surface area contributed by atoms with E-state index in [-0.39, 0.29) is 17.3 Å². The molecule has 10 heteroatoms. The number of hydrogen-bond acceptors (Lipinski definition) is 5. The first-order valence-corrected chi connectivity index (χ1v) is 11.9. The van der Waals surface area contributed by atoms with Crippen LogP contribution in [-0.2, 0) is 14.8 Å². The van der Waals surface area contributed by atoms with Gasteiger partial charge in [-0.2, -0.15) is 9.41 Å². The van der Waals surface area contributed by atoms with Gasteiger partial charge < -0.3 is 0 Å². The van der Waals surface area contributed by atoms with Crippen molar-refractivity contribution in [1.29, 1.82) is 0 Å². The Morgan fingerprint density at radius 2 is 1.68 bits per heavy atom. The van der Waals surface area contributed by atoms with Crippen LogP contribution >= 0.6 is 23.2 Å². The van der Waals surface area contributed by atoms with Gasteiger partial charge in [-0.25, -0.2) is 13.8 Å². The van der Waals surface area contributed by atoms with E-state index in [9.17, 15) is 13.2 Å². The van der Waals surface area contributed by atoms with E-state index in [1.165, 1.54) is 4.31 Å². The lowest BCUT2D eigenvalue weighted by Crippen LogP contribution is -2.50. The largest absolute Gasteiger partial charge is 0.292 e. The number of piperazine rings is 1. The van der Waals surface area contributed by atoms with Crippen LogP contribution in [-0.4, -0.2) is 62.0 Å². The smallest absolute Gasteiger partial charge is 0.254 e. The monoisotopic (exact) mass is 482 g/mol. The van der Waals surface area contributed by atoms with Crippen molar-refractivity contribution in [3.63, 3.8) is 0 Å². The van der Waals surface area contributed by atoms with E-state index in [1.54, 1.807) is 49.4 Å². The van der Waals surface area contributed by atoms with Gasteiger partial charge in [0.25, 0.3) is 5.91 Å². The quantitative estimate of drug-likeness (QED) is 0.506. The molecule has 2 aromatic rings. The van der Waals surface area contributed by atoms with Gasteiger partial charge in [0.2, 0.25) is 10.0 Å². The molecule has 0 radical (unpaired) electrons. The summed E-state index contributed by atoms with van der Waals surface area (Å²) in [7, 11) is -3.53. The number of aryl methyl sites for hydroxylation is 1. The molecule has 0 saturated carbocycles. The maximum Gasteiger partial charge on any atom is 0.254 e. The van der Waals surface area contributed by atoms with Gasteiger partial charge in [0, 0.05) is 26.2 Å². The van der Waals surface area contributed by atoms with Gasteiger partial charge in [-0.15, -0.1) is 0 Å². The highest BCUT2D eigenvalue weighted by Crippen LogP contribution is 2.23. The van der Waals surface area contributed by atoms with Crippen LogP contribution in [0.25, 0.3) is 0 Å². The topological polar surface area (TPSA) is 82.1 Å².